The molecule has 6 heteroatoms. The van der Waals surface area contributed by atoms with Gasteiger partial charge in [0, 0.05) is 24.1 Å². The highest BCUT2D eigenvalue weighted by molar-refractivity contribution is 5.91. The molecular formula is C18H18N2O4. The summed E-state index contributed by atoms with van der Waals surface area (Å²) in [6.45, 7) is 4.54. The highest BCUT2D eigenvalue weighted by Crippen LogP contribution is 2.42. The fraction of sp³-hybridized carbons (Fsp3) is 0.278. The molecule has 24 heavy (non-hydrogen) atoms. The smallest absolute Gasteiger partial charge is 0.414 e. The van der Waals surface area contributed by atoms with Crippen molar-refractivity contribution < 1.29 is 14.5 Å². The molecule has 6 nitrogen and oxygen atoms in total. The summed E-state index contributed by atoms with van der Waals surface area (Å²) in [5.74, 6) is 0. The first-order valence-corrected chi connectivity index (χ1v) is 7.65. The van der Waals surface area contributed by atoms with Gasteiger partial charge in [0.2, 0.25) is 0 Å². The molecule has 0 spiro atoms. The number of carbonyl (C=O) groups is 1. The number of carbonyl (C=O) groups excluding carboxylic acids is 1. The van der Waals surface area contributed by atoms with Crippen LogP contribution in [0.2, 0.25) is 0 Å². The molecule has 0 saturated heterocycles. The second kappa shape index (κ2) is 5.96. The monoisotopic (exact) mass is 326 g/mol. The Morgan fingerprint density at radius 3 is 2.62 bits per heavy atom. The number of nitro benzene ring substituents is 1. The van der Waals surface area contributed by atoms with Crippen molar-refractivity contribution in [2.24, 2.45) is 0 Å². The van der Waals surface area contributed by atoms with Crippen LogP contribution in [0.5, 0.6) is 0 Å². The maximum atomic E-state index is 12.5. The van der Waals surface area contributed by atoms with Crippen molar-refractivity contribution in [3.05, 3.63) is 69.8 Å². The van der Waals surface area contributed by atoms with Gasteiger partial charge in [-0.05, 0) is 17.2 Å². The summed E-state index contributed by atoms with van der Waals surface area (Å²) in [5.41, 5.74) is 2.03. The lowest BCUT2D eigenvalue weighted by molar-refractivity contribution is -0.384. The third kappa shape index (κ3) is 2.95. The molecule has 0 radical (unpaired) electrons. The molecular weight excluding hydrogens is 308 g/mol. The summed E-state index contributed by atoms with van der Waals surface area (Å²) in [6.07, 6.45) is -0.445. The lowest BCUT2D eigenvalue weighted by Crippen LogP contribution is -2.34. The summed E-state index contributed by atoms with van der Waals surface area (Å²) in [6, 6.07) is 14.0. The fourth-order valence-corrected chi connectivity index (χ4v) is 2.94. The number of nitrogens with zero attached hydrogens (tertiary/aromatic N) is 2. The minimum Gasteiger partial charge on any atom is -0.444 e. The van der Waals surface area contributed by atoms with Crippen molar-refractivity contribution in [3.63, 3.8) is 0 Å². The summed E-state index contributed by atoms with van der Waals surface area (Å²) in [4.78, 5) is 24.6. The van der Waals surface area contributed by atoms with Crippen LogP contribution in [0.15, 0.2) is 48.5 Å². The van der Waals surface area contributed by atoms with Gasteiger partial charge in [-0.1, -0.05) is 44.2 Å². The number of hydrogen-bond donors (Lipinski definition) is 0. The van der Waals surface area contributed by atoms with Gasteiger partial charge in [-0.2, -0.15) is 0 Å². The SMILES string of the molecule is CC1(C)CN(C(=O)OCc2ccccc2)c2ccc([N+](=O)[O-])cc21. The van der Waals surface area contributed by atoms with E-state index in [2.05, 4.69) is 0 Å². The first kappa shape index (κ1) is 16.0. The van der Waals surface area contributed by atoms with E-state index < -0.39 is 11.0 Å². The van der Waals surface area contributed by atoms with E-state index in [9.17, 15) is 14.9 Å². The molecule has 0 fully saturated rings. The number of hydrogen-bond acceptors (Lipinski definition) is 4. The average Bonchev–Trinajstić information content (AvgIpc) is 2.84. The molecule has 2 aromatic carbocycles. The molecule has 1 aliphatic heterocycles. The van der Waals surface area contributed by atoms with E-state index in [1.54, 1.807) is 17.0 Å². The average molecular weight is 326 g/mol. The Morgan fingerprint density at radius 2 is 1.96 bits per heavy atom. The van der Waals surface area contributed by atoms with Crippen LogP contribution < -0.4 is 4.90 Å². The molecule has 124 valence electrons. The molecule has 0 N–H and O–H groups in total. The molecule has 2 aromatic rings. The standard InChI is InChI=1S/C18H18N2O4/c1-18(2)12-19(16-9-8-14(20(22)23)10-15(16)18)17(21)24-11-13-6-4-3-5-7-13/h3-10H,11-12H2,1-2H3. The quantitative estimate of drug-likeness (QED) is 0.630. The van der Waals surface area contributed by atoms with Crippen LogP contribution in [0.4, 0.5) is 16.2 Å². The zero-order valence-electron chi connectivity index (χ0n) is 13.6. The minimum atomic E-state index is -0.445. The van der Waals surface area contributed by atoms with Crippen molar-refractivity contribution in [3.8, 4) is 0 Å². The molecule has 0 unspecified atom stereocenters. The van der Waals surface area contributed by atoms with Gasteiger partial charge in [0.05, 0.1) is 10.6 Å². The Hall–Kier alpha value is -2.89. The van der Waals surface area contributed by atoms with Gasteiger partial charge in [0.25, 0.3) is 5.69 Å². The second-order valence-electron chi connectivity index (χ2n) is 6.47. The summed E-state index contributed by atoms with van der Waals surface area (Å²) < 4.78 is 5.39. The Bertz CT molecular complexity index is 787. The van der Waals surface area contributed by atoms with E-state index in [0.717, 1.165) is 11.1 Å². The summed E-state index contributed by atoms with van der Waals surface area (Å²) in [7, 11) is 0. The molecule has 0 saturated carbocycles. The van der Waals surface area contributed by atoms with E-state index in [1.807, 2.05) is 44.2 Å². The molecule has 0 atom stereocenters. The third-order valence-corrected chi connectivity index (χ3v) is 4.19. The fourth-order valence-electron chi connectivity index (χ4n) is 2.94. The van der Waals surface area contributed by atoms with Gasteiger partial charge in [0.1, 0.15) is 6.61 Å². The highest BCUT2D eigenvalue weighted by Gasteiger charge is 2.39. The van der Waals surface area contributed by atoms with Gasteiger partial charge in [0.15, 0.2) is 0 Å². The van der Waals surface area contributed by atoms with Crippen LogP contribution in [-0.2, 0) is 16.8 Å². The molecule has 3 rings (SSSR count). The molecule has 1 heterocycles. The zero-order chi connectivity index (χ0) is 17.3. The lowest BCUT2D eigenvalue weighted by Gasteiger charge is -2.20. The lowest BCUT2D eigenvalue weighted by atomic mass is 9.87. The first-order chi connectivity index (χ1) is 11.4. The number of non-ortho nitro benzene ring substituents is 1. The molecule has 0 bridgehead atoms. The van der Waals surface area contributed by atoms with Crippen molar-refractivity contribution >= 4 is 17.5 Å². The molecule has 0 aliphatic carbocycles. The predicted octanol–water partition coefficient (Wildman–Crippen LogP) is 4.03. The van der Waals surface area contributed by atoms with Gasteiger partial charge >= 0.3 is 6.09 Å². The van der Waals surface area contributed by atoms with Crippen molar-refractivity contribution in [1.82, 2.24) is 0 Å². The molecule has 1 aliphatic rings. The van der Waals surface area contributed by atoms with Crippen LogP contribution >= 0.6 is 0 Å². The van der Waals surface area contributed by atoms with Crippen LogP contribution in [0.25, 0.3) is 0 Å². The van der Waals surface area contributed by atoms with E-state index in [0.29, 0.717) is 12.2 Å². The van der Waals surface area contributed by atoms with Crippen LogP contribution in [0.1, 0.15) is 25.0 Å². The number of benzene rings is 2. The maximum absolute atomic E-state index is 12.5. The number of anilines is 1. The van der Waals surface area contributed by atoms with Crippen molar-refractivity contribution in [2.45, 2.75) is 25.9 Å². The molecule has 1 amide bonds. The van der Waals surface area contributed by atoms with Crippen LogP contribution in [0, 0.1) is 10.1 Å². The van der Waals surface area contributed by atoms with Gasteiger partial charge in [-0.25, -0.2) is 4.79 Å². The Labute approximate surface area is 139 Å². The number of ether oxygens (including phenoxy) is 1. The summed E-state index contributed by atoms with van der Waals surface area (Å²) >= 11 is 0. The Morgan fingerprint density at radius 1 is 1.25 bits per heavy atom. The number of amides is 1. The van der Waals surface area contributed by atoms with Gasteiger partial charge in [-0.3, -0.25) is 15.0 Å². The normalized spacial score (nSPS) is 15.0. The topological polar surface area (TPSA) is 72.7 Å². The summed E-state index contributed by atoms with van der Waals surface area (Å²) in [5, 5.41) is 11.0. The first-order valence-electron chi connectivity index (χ1n) is 7.65. The minimum absolute atomic E-state index is 0.0290. The van der Waals surface area contributed by atoms with Gasteiger partial charge < -0.3 is 4.74 Å². The third-order valence-electron chi connectivity index (χ3n) is 4.19. The zero-order valence-corrected chi connectivity index (χ0v) is 13.6. The van der Waals surface area contributed by atoms with E-state index in [1.165, 1.54) is 6.07 Å². The number of fused-ring (bicyclic) bond motifs is 1. The molecule has 0 aromatic heterocycles. The van der Waals surface area contributed by atoms with Crippen molar-refractivity contribution in [1.29, 1.82) is 0 Å². The maximum Gasteiger partial charge on any atom is 0.414 e. The largest absolute Gasteiger partial charge is 0.444 e. The van der Waals surface area contributed by atoms with E-state index in [-0.39, 0.29) is 17.7 Å². The van der Waals surface area contributed by atoms with Crippen molar-refractivity contribution in [2.75, 3.05) is 11.4 Å². The van der Waals surface area contributed by atoms with Crippen LogP contribution in [0.3, 0.4) is 0 Å². The Kier molecular flexibility index (Phi) is 3.97. The number of nitro groups is 1. The predicted molar refractivity (Wildman–Crippen MR) is 90.1 cm³/mol. The highest BCUT2D eigenvalue weighted by atomic mass is 16.6. The van der Waals surface area contributed by atoms with Crippen LogP contribution in [-0.4, -0.2) is 17.6 Å². The number of rotatable bonds is 3. The van der Waals surface area contributed by atoms with Gasteiger partial charge in [-0.15, -0.1) is 0 Å². The second-order valence-corrected chi connectivity index (χ2v) is 6.47. The van der Waals surface area contributed by atoms with E-state index in [4.69, 9.17) is 4.74 Å². The Balaban J connectivity index is 1.81. The van der Waals surface area contributed by atoms with E-state index >= 15 is 0 Å².